The van der Waals surface area contributed by atoms with Crippen LogP contribution < -0.4 is 0 Å². The van der Waals surface area contributed by atoms with Crippen LogP contribution >= 0.6 is 0 Å². The Balaban J connectivity index is 2.73. The monoisotopic (exact) mass is 169 g/mol. The van der Waals surface area contributed by atoms with E-state index in [-0.39, 0.29) is 6.61 Å². The molecule has 0 aromatic carbocycles. The molecule has 4 heteroatoms. The molecule has 0 radical (unpaired) electrons. The molecule has 0 amide bonds. The highest BCUT2D eigenvalue weighted by atomic mass is 16.5. The van der Waals surface area contributed by atoms with E-state index in [0.717, 1.165) is 0 Å². The molecule has 1 rings (SSSR count). The number of aromatic nitrogens is 1. The second-order valence-electron chi connectivity index (χ2n) is 2.44. The minimum absolute atomic E-state index is 0.185. The van der Waals surface area contributed by atoms with Crippen LogP contribution in [0.2, 0.25) is 0 Å². The molecule has 1 aromatic heterocycles. The molecule has 0 spiro atoms. The van der Waals surface area contributed by atoms with Gasteiger partial charge in [-0.3, -0.25) is 0 Å². The quantitative estimate of drug-likeness (QED) is 0.723. The summed E-state index contributed by atoms with van der Waals surface area (Å²) < 4.78 is 6.39. The fourth-order valence-electron chi connectivity index (χ4n) is 0.998. The van der Waals surface area contributed by atoms with Gasteiger partial charge >= 0.3 is 5.97 Å². The predicted octanol–water partition coefficient (Wildman–Crippen LogP) is 0.760. The van der Waals surface area contributed by atoms with Gasteiger partial charge in [0.05, 0.1) is 6.61 Å². The number of hydrogen-bond donors (Lipinski definition) is 1. The van der Waals surface area contributed by atoms with Gasteiger partial charge < -0.3 is 14.4 Å². The number of aliphatic carboxylic acids is 1. The van der Waals surface area contributed by atoms with Crippen molar-refractivity contribution in [1.29, 1.82) is 0 Å². The first-order valence-corrected chi connectivity index (χ1v) is 3.60. The molecule has 12 heavy (non-hydrogen) atoms. The molecule has 66 valence electrons. The third kappa shape index (κ3) is 1.85. The van der Waals surface area contributed by atoms with Gasteiger partial charge in [0.2, 0.25) is 0 Å². The van der Waals surface area contributed by atoms with E-state index in [1.807, 2.05) is 0 Å². The predicted molar refractivity (Wildman–Crippen MR) is 43.0 cm³/mol. The van der Waals surface area contributed by atoms with Gasteiger partial charge in [-0.1, -0.05) is 0 Å². The number of hydrogen-bond acceptors (Lipinski definition) is 2. The summed E-state index contributed by atoms with van der Waals surface area (Å²) in [6.07, 6.45) is 3.41. The van der Waals surface area contributed by atoms with E-state index in [0.29, 0.717) is 0 Å². The zero-order chi connectivity index (χ0) is 8.97. The van der Waals surface area contributed by atoms with Crippen LogP contribution in [-0.4, -0.2) is 29.4 Å². The highest BCUT2D eigenvalue weighted by Gasteiger charge is 2.17. The molecule has 0 aliphatic carbocycles. The highest BCUT2D eigenvalue weighted by molar-refractivity contribution is 5.72. The van der Waals surface area contributed by atoms with E-state index >= 15 is 0 Å². The van der Waals surface area contributed by atoms with Crippen LogP contribution in [0.25, 0.3) is 0 Å². The van der Waals surface area contributed by atoms with Crippen LogP contribution in [0.15, 0.2) is 24.5 Å². The Hall–Kier alpha value is -1.29. The summed E-state index contributed by atoms with van der Waals surface area (Å²) in [5, 5.41) is 8.78. The van der Waals surface area contributed by atoms with E-state index in [2.05, 4.69) is 0 Å². The van der Waals surface area contributed by atoms with Gasteiger partial charge in [-0.2, -0.15) is 0 Å². The Kier molecular flexibility index (Phi) is 2.88. The van der Waals surface area contributed by atoms with Crippen molar-refractivity contribution in [2.24, 2.45) is 0 Å². The van der Waals surface area contributed by atoms with Gasteiger partial charge in [0.15, 0.2) is 6.04 Å². The zero-order valence-corrected chi connectivity index (χ0v) is 6.80. The lowest BCUT2D eigenvalue weighted by Crippen LogP contribution is -2.22. The summed E-state index contributed by atoms with van der Waals surface area (Å²) in [5.41, 5.74) is 0. The van der Waals surface area contributed by atoms with Gasteiger partial charge in [-0.15, -0.1) is 0 Å². The number of ether oxygens (including phenoxy) is 1. The molecule has 0 saturated carbocycles. The number of carbonyl (C=O) groups is 1. The fourth-order valence-corrected chi connectivity index (χ4v) is 0.998. The van der Waals surface area contributed by atoms with Crippen molar-refractivity contribution >= 4 is 5.97 Å². The molecular formula is C8H11NO3. The first-order chi connectivity index (χ1) is 5.75. The lowest BCUT2D eigenvalue weighted by molar-refractivity contribution is -0.142. The van der Waals surface area contributed by atoms with Gasteiger partial charge in [0, 0.05) is 19.5 Å². The minimum Gasteiger partial charge on any atom is -0.480 e. The largest absolute Gasteiger partial charge is 0.480 e. The van der Waals surface area contributed by atoms with E-state index in [1.54, 1.807) is 29.1 Å². The van der Waals surface area contributed by atoms with Crippen LogP contribution in [0, 0.1) is 0 Å². The number of carboxylic acids is 1. The first-order valence-electron chi connectivity index (χ1n) is 3.60. The maximum atomic E-state index is 10.7. The Morgan fingerprint density at radius 2 is 2.17 bits per heavy atom. The zero-order valence-electron chi connectivity index (χ0n) is 6.80. The van der Waals surface area contributed by atoms with Crippen LogP contribution in [-0.2, 0) is 9.53 Å². The lowest BCUT2D eigenvalue weighted by Gasteiger charge is -2.12. The second-order valence-corrected chi connectivity index (χ2v) is 2.44. The van der Waals surface area contributed by atoms with E-state index in [9.17, 15) is 4.79 Å². The van der Waals surface area contributed by atoms with Crippen molar-refractivity contribution in [3.05, 3.63) is 24.5 Å². The number of nitrogens with zero attached hydrogens (tertiary/aromatic N) is 1. The summed E-state index contributed by atoms with van der Waals surface area (Å²) in [5.74, 6) is -0.881. The molecule has 1 unspecified atom stereocenters. The van der Waals surface area contributed by atoms with Gasteiger partial charge in [0.1, 0.15) is 0 Å². The van der Waals surface area contributed by atoms with Crippen molar-refractivity contribution in [1.82, 2.24) is 4.57 Å². The molecule has 1 aromatic rings. The van der Waals surface area contributed by atoms with Crippen LogP contribution in [0.4, 0.5) is 0 Å². The first kappa shape index (κ1) is 8.80. The van der Waals surface area contributed by atoms with Gasteiger partial charge in [-0.05, 0) is 12.1 Å². The molecule has 0 saturated heterocycles. The van der Waals surface area contributed by atoms with E-state index in [4.69, 9.17) is 9.84 Å². The highest BCUT2D eigenvalue weighted by Crippen LogP contribution is 2.06. The Morgan fingerprint density at radius 1 is 1.58 bits per heavy atom. The van der Waals surface area contributed by atoms with Crippen molar-refractivity contribution < 1.29 is 14.6 Å². The minimum atomic E-state index is -0.881. The van der Waals surface area contributed by atoms with Gasteiger partial charge in [0.25, 0.3) is 0 Å². The van der Waals surface area contributed by atoms with Crippen molar-refractivity contribution in [3.63, 3.8) is 0 Å². The normalized spacial score (nSPS) is 12.8. The third-order valence-electron chi connectivity index (χ3n) is 1.60. The van der Waals surface area contributed by atoms with Gasteiger partial charge in [-0.25, -0.2) is 4.79 Å². The topological polar surface area (TPSA) is 51.5 Å². The summed E-state index contributed by atoms with van der Waals surface area (Å²) in [6, 6.07) is 2.95. The van der Waals surface area contributed by atoms with Crippen LogP contribution in [0.5, 0.6) is 0 Å². The molecule has 0 aliphatic heterocycles. The Labute approximate surface area is 70.4 Å². The number of carboxylic acid groups (broad SMARTS) is 1. The Bertz CT molecular complexity index is 243. The smallest absolute Gasteiger partial charge is 0.329 e. The maximum Gasteiger partial charge on any atom is 0.329 e. The molecular weight excluding hydrogens is 158 g/mol. The number of rotatable bonds is 4. The fraction of sp³-hybridized carbons (Fsp3) is 0.375. The molecule has 1 N–H and O–H groups in total. The second kappa shape index (κ2) is 3.92. The standard InChI is InChI=1S/C8H11NO3/c1-12-6-7(8(10)11)9-4-2-3-5-9/h2-5,7H,6H2,1H3,(H,10,11). The Morgan fingerprint density at radius 3 is 2.58 bits per heavy atom. The third-order valence-corrected chi connectivity index (χ3v) is 1.60. The van der Waals surface area contributed by atoms with Crippen LogP contribution in [0.3, 0.4) is 0 Å². The van der Waals surface area contributed by atoms with Crippen molar-refractivity contribution in [2.75, 3.05) is 13.7 Å². The maximum absolute atomic E-state index is 10.7. The van der Waals surface area contributed by atoms with Crippen molar-refractivity contribution in [2.45, 2.75) is 6.04 Å². The molecule has 0 aliphatic rings. The molecule has 1 heterocycles. The summed E-state index contributed by atoms with van der Waals surface area (Å²) in [4.78, 5) is 10.7. The van der Waals surface area contributed by atoms with E-state index < -0.39 is 12.0 Å². The molecule has 0 fully saturated rings. The average molecular weight is 169 g/mol. The van der Waals surface area contributed by atoms with E-state index in [1.165, 1.54) is 7.11 Å². The summed E-state index contributed by atoms with van der Waals surface area (Å²) in [6.45, 7) is 0.185. The lowest BCUT2D eigenvalue weighted by atomic mass is 10.3. The SMILES string of the molecule is COCC(C(=O)O)n1cccc1. The summed E-state index contributed by atoms with van der Waals surface area (Å²) in [7, 11) is 1.49. The summed E-state index contributed by atoms with van der Waals surface area (Å²) >= 11 is 0. The van der Waals surface area contributed by atoms with Crippen molar-refractivity contribution in [3.8, 4) is 0 Å². The molecule has 1 atom stereocenters. The molecule has 4 nitrogen and oxygen atoms in total. The molecule has 0 bridgehead atoms. The van der Waals surface area contributed by atoms with Crippen LogP contribution in [0.1, 0.15) is 6.04 Å². The average Bonchev–Trinajstić information content (AvgIpc) is 2.51. The number of methoxy groups -OCH3 is 1.